The average Bonchev–Trinajstić information content (AvgIpc) is 3.40. The fraction of sp³-hybridized carbons (Fsp3) is 0.850. The maximum atomic E-state index is 13.8. The Morgan fingerprint density at radius 1 is 1.33 bits per heavy atom. The molecule has 2 fully saturated rings. The van der Waals surface area contributed by atoms with Crippen LogP contribution in [0.3, 0.4) is 0 Å². The number of nitrogens with zero attached hydrogens (tertiary/aromatic N) is 3. The summed E-state index contributed by atoms with van der Waals surface area (Å²) in [6.07, 6.45) is 5.78. The van der Waals surface area contributed by atoms with Gasteiger partial charge in [0.15, 0.2) is 0 Å². The molecule has 6 nitrogen and oxygen atoms in total. The fourth-order valence-electron chi connectivity index (χ4n) is 3.18. The number of nitroso groups, excluding NO2 is 1. The van der Waals surface area contributed by atoms with Crippen molar-refractivity contribution in [3.8, 4) is 0 Å². The molecule has 1 amide bonds. The third-order valence-corrected chi connectivity index (χ3v) is 7.36. The molecule has 1 saturated carbocycles. The SMILES string of the molecule is CC.CCC(=O)N=O.CCC(CCCC1CNC1)c1nnc(C2(C(F)(F)P)CC2)s1. The van der Waals surface area contributed by atoms with Gasteiger partial charge in [-0.3, -0.25) is 4.79 Å². The minimum absolute atomic E-state index is 0.212. The highest BCUT2D eigenvalue weighted by atomic mass is 32.1. The van der Waals surface area contributed by atoms with Crippen molar-refractivity contribution in [3.63, 3.8) is 0 Å². The third-order valence-electron chi connectivity index (χ3n) is 5.52. The van der Waals surface area contributed by atoms with Crippen LogP contribution in [0.15, 0.2) is 5.18 Å². The Morgan fingerprint density at radius 2 is 1.97 bits per heavy atom. The number of aromatic nitrogens is 2. The Bertz CT molecular complexity index is 661. The predicted molar refractivity (Wildman–Crippen MR) is 121 cm³/mol. The molecule has 3 rings (SSSR count). The summed E-state index contributed by atoms with van der Waals surface area (Å²) < 4.78 is 27.5. The molecule has 1 saturated heterocycles. The number of carbonyl (C=O) groups excluding carboxylic acids is 1. The lowest BCUT2D eigenvalue weighted by Gasteiger charge is -2.27. The molecule has 2 aliphatic rings. The molecule has 2 heterocycles. The molecule has 1 aromatic heterocycles. The molecule has 0 aromatic carbocycles. The van der Waals surface area contributed by atoms with Gasteiger partial charge in [-0.25, -0.2) is 8.78 Å². The highest BCUT2D eigenvalue weighted by molar-refractivity contribution is 7.18. The lowest BCUT2D eigenvalue weighted by atomic mass is 9.92. The summed E-state index contributed by atoms with van der Waals surface area (Å²) in [4.78, 5) is 18.8. The van der Waals surface area contributed by atoms with Crippen LogP contribution in [0.25, 0.3) is 0 Å². The Kier molecular flexibility index (Phi) is 11.6. The Morgan fingerprint density at radius 3 is 2.33 bits per heavy atom. The van der Waals surface area contributed by atoms with Crippen molar-refractivity contribution >= 4 is 26.5 Å². The monoisotopic (exact) mass is 464 g/mol. The largest absolute Gasteiger partial charge is 0.316 e. The van der Waals surface area contributed by atoms with Gasteiger partial charge >= 0.3 is 0 Å². The second kappa shape index (κ2) is 12.8. The van der Waals surface area contributed by atoms with Crippen LogP contribution in [0.4, 0.5) is 8.78 Å². The van der Waals surface area contributed by atoms with E-state index in [0.717, 1.165) is 36.9 Å². The normalized spacial score (nSPS) is 18.1. The highest BCUT2D eigenvalue weighted by Crippen LogP contribution is 2.61. The van der Waals surface area contributed by atoms with Gasteiger partial charge in [0.25, 0.3) is 11.6 Å². The molecule has 2 atom stereocenters. The Hall–Kier alpha value is -0.920. The number of halogens is 2. The van der Waals surface area contributed by atoms with E-state index >= 15 is 0 Å². The van der Waals surface area contributed by atoms with E-state index in [-0.39, 0.29) is 6.42 Å². The van der Waals surface area contributed by atoms with E-state index < -0.39 is 17.0 Å². The molecule has 0 spiro atoms. The van der Waals surface area contributed by atoms with Crippen molar-refractivity contribution < 1.29 is 13.6 Å². The molecule has 0 radical (unpaired) electrons. The van der Waals surface area contributed by atoms with Gasteiger partial charge in [-0.2, -0.15) is 0 Å². The topological polar surface area (TPSA) is 84.3 Å². The summed E-state index contributed by atoms with van der Waals surface area (Å²) in [5.41, 5.74) is -3.83. The van der Waals surface area contributed by atoms with Crippen LogP contribution >= 0.6 is 20.6 Å². The van der Waals surface area contributed by atoms with Gasteiger partial charge in [0, 0.05) is 17.5 Å². The summed E-state index contributed by atoms with van der Waals surface area (Å²) in [5, 5.41) is 15.3. The first-order valence-corrected chi connectivity index (χ1v) is 12.2. The molecule has 172 valence electrons. The van der Waals surface area contributed by atoms with Crippen molar-refractivity contribution in [1.29, 1.82) is 0 Å². The van der Waals surface area contributed by atoms with E-state index in [9.17, 15) is 13.6 Å². The van der Waals surface area contributed by atoms with E-state index in [0.29, 0.717) is 23.8 Å². The zero-order chi connectivity index (χ0) is 22.8. The van der Waals surface area contributed by atoms with Crippen molar-refractivity contribution in [2.75, 3.05) is 13.1 Å². The quantitative estimate of drug-likeness (QED) is 0.378. The van der Waals surface area contributed by atoms with E-state index in [4.69, 9.17) is 4.91 Å². The van der Waals surface area contributed by atoms with Gasteiger partial charge in [0.05, 0.1) is 5.41 Å². The maximum Gasteiger partial charge on any atom is 0.286 e. The molecule has 10 heteroatoms. The van der Waals surface area contributed by atoms with Gasteiger partial charge in [-0.15, -0.1) is 26.4 Å². The summed E-state index contributed by atoms with van der Waals surface area (Å²) in [6.45, 7) is 10.0. The van der Waals surface area contributed by atoms with Crippen LogP contribution in [-0.4, -0.2) is 34.9 Å². The molecule has 30 heavy (non-hydrogen) atoms. The molecule has 1 aromatic rings. The number of hydrogen-bond donors (Lipinski definition) is 1. The van der Waals surface area contributed by atoms with Crippen molar-refractivity contribution in [2.45, 2.75) is 89.6 Å². The van der Waals surface area contributed by atoms with Gasteiger partial charge in [0.1, 0.15) is 10.0 Å². The van der Waals surface area contributed by atoms with Gasteiger partial charge in [-0.05, 0) is 51.1 Å². The zero-order valence-electron chi connectivity index (χ0n) is 18.4. The van der Waals surface area contributed by atoms with Crippen LogP contribution in [-0.2, 0) is 10.2 Å². The molecular weight excluding hydrogens is 429 g/mol. The summed E-state index contributed by atoms with van der Waals surface area (Å²) in [7, 11) is 1.69. The molecule has 1 aliphatic carbocycles. The first-order chi connectivity index (χ1) is 14.3. The lowest BCUT2D eigenvalue weighted by molar-refractivity contribution is -0.117. The van der Waals surface area contributed by atoms with Crippen LogP contribution in [0.5, 0.6) is 0 Å². The molecule has 1 N–H and O–H groups in total. The van der Waals surface area contributed by atoms with Crippen molar-refractivity contribution in [3.05, 3.63) is 14.9 Å². The first kappa shape index (κ1) is 27.1. The minimum atomic E-state index is -2.78. The Balaban J connectivity index is 0.000000487. The summed E-state index contributed by atoms with van der Waals surface area (Å²) in [6, 6.07) is 0. The highest BCUT2D eigenvalue weighted by Gasteiger charge is 2.62. The summed E-state index contributed by atoms with van der Waals surface area (Å²) in [5.74, 6) is 0.608. The number of hydrogen-bond acceptors (Lipinski definition) is 6. The van der Waals surface area contributed by atoms with E-state index in [1.807, 2.05) is 13.8 Å². The number of alkyl halides is 2. The second-order valence-electron chi connectivity index (χ2n) is 7.55. The lowest BCUT2D eigenvalue weighted by Crippen LogP contribution is -2.41. The minimum Gasteiger partial charge on any atom is -0.316 e. The smallest absolute Gasteiger partial charge is 0.286 e. The van der Waals surface area contributed by atoms with Crippen LogP contribution in [0.2, 0.25) is 0 Å². The standard InChI is InChI=1S/C15H24F2N3PS.C3H5NO2.C2H6/c1-2-11(5-3-4-10-8-18-9-10)12-19-20-13(22-12)14(6-7-14)15(16,17)21;1-2-3(5)4-6;1-2/h10-11,18H,2-9,21H2,1H3;2H2,1H3;1-2H3. The van der Waals surface area contributed by atoms with Crippen molar-refractivity contribution in [2.24, 2.45) is 11.1 Å². The third kappa shape index (κ3) is 7.34. The van der Waals surface area contributed by atoms with Crippen LogP contribution in [0, 0.1) is 10.8 Å². The summed E-state index contributed by atoms with van der Waals surface area (Å²) >= 11 is 1.41. The number of rotatable bonds is 9. The van der Waals surface area contributed by atoms with Crippen molar-refractivity contribution in [1.82, 2.24) is 15.5 Å². The predicted octanol–water partition coefficient (Wildman–Crippen LogP) is 5.64. The zero-order valence-corrected chi connectivity index (χ0v) is 20.4. The molecular formula is C20H35F2N4O2PS. The Labute approximate surface area is 184 Å². The van der Waals surface area contributed by atoms with Crippen LogP contribution < -0.4 is 5.32 Å². The van der Waals surface area contributed by atoms with Gasteiger partial charge < -0.3 is 5.32 Å². The van der Waals surface area contributed by atoms with E-state index in [1.165, 1.54) is 24.2 Å². The number of nitrogens with one attached hydrogen (secondary N) is 1. The second-order valence-corrected chi connectivity index (χ2v) is 9.28. The molecule has 0 bridgehead atoms. The van der Waals surface area contributed by atoms with Crippen LogP contribution in [0.1, 0.15) is 88.6 Å². The van der Waals surface area contributed by atoms with E-state index in [2.05, 4.69) is 27.6 Å². The first-order valence-electron chi connectivity index (χ1n) is 10.8. The molecule has 1 aliphatic heterocycles. The maximum absolute atomic E-state index is 13.8. The van der Waals surface area contributed by atoms with E-state index in [1.54, 1.807) is 16.2 Å². The molecule has 2 unspecified atom stereocenters. The number of carbonyl (C=O) groups is 1. The average molecular weight is 465 g/mol. The number of amides is 1. The fourth-order valence-corrected chi connectivity index (χ4v) is 5.06. The van der Waals surface area contributed by atoms with Gasteiger partial charge in [-0.1, -0.05) is 43.4 Å². The van der Waals surface area contributed by atoms with Gasteiger partial charge in [0.2, 0.25) is 0 Å².